The molecule has 0 radical (unpaired) electrons. The Balaban J connectivity index is 3.05. The first-order valence-electron chi connectivity index (χ1n) is 4.30. The fourth-order valence-electron chi connectivity index (χ4n) is 1.31. The van der Waals surface area contributed by atoms with Gasteiger partial charge in [-0.3, -0.25) is 4.79 Å². The van der Waals surface area contributed by atoms with Crippen LogP contribution in [0.3, 0.4) is 0 Å². The molecule has 0 saturated carbocycles. The van der Waals surface area contributed by atoms with E-state index in [1.807, 2.05) is 25.1 Å². The van der Waals surface area contributed by atoms with Crippen LogP contribution < -0.4 is 11.1 Å². The summed E-state index contributed by atoms with van der Waals surface area (Å²) in [5, 5.41) is 2.75. The van der Waals surface area contributed by atoms with E-state index in [-0.39, 0.29) is 5.91 Å². The van der Waals surface area contributed by atoms with Gasteiger partial charge in [0.1, 0.15) is 0 Å². The molecule has 1 aromatic rings. The molecule has 0 aliphatic carbocycles. The molecule has 0 spiro atoms. The maximum absolute atomic E-state index is 10.8. The highest BCUT2D eigenvalue weighted by Crippen LogP contribution is 2.22. The van der Waals surface area contributed by atoms with Gasteiger partial charge in [-0.05, 0) is 24.1 Å². The number of nitrogens with two attached hydrogens (primary N) is 1. The number of benzene rings is 1. The Morgan fingerprint density at radius 3 is 2.77 bits per heavy atom. The van der Waals surface area contributed by atoms with E-state index >= 15 is 0 Å². The molecule has 0 aliphatic rings. The van der Waals surface area contributed by atoms with Crippen molar-refractivity contribution in [1.82, 2.24) is 0 Å². The zero-order valence-electron chi connectivity index (χ0n) is 7.92. The van der Waals surface area contributed by atoms with Gasteiger partial charge in [0.2, 0.25) is 5.91 Å². The topological polar surface area (TPSA) is 55.1 Å². The number of amides is 1. The molecule has 3 N–H and O–H groups in total. The van der Waals surface area contributed by atoms with E-state index in [4.69, 9.17) is 5.73 Å². The first-order chi connectivity index (χ1) is 6.15. The molecule has 0 heterocycles. The van der Waals surface area contributed by atoms with Crippen molar-refractivity contribution in [3.05, 3.63) is 23.8 Å². The molecule has 0 aliphatic heterocycles. The van der Waals surface area contributed by atoms with Crippen molar-refractivity contribution in [3.8, 4) is 0 Å². The van der Waals surface area contributed by atoms with Crippen LogP contribution in [0.1, 0.15) is 19.4 Å². The van der Waals surface area contributed by atoms with Crippen LogP contribution in [0.5, 0.6) is 0 Å². The fraction of sp³-hybridized carbons (Fsp3) is 0.300. The molecule has 0 fully saturated rings. The molecule has 3 heteroatoms. The minimum absolute atomic E-state index is 0.0692. The Bertz CT molecular complexity index is 321. The van der Waals surface area contributed by atoms with E-state index in [0.29, 0.717) is 0 Å². The normalized spacial score (nSPS) is 9.69. The van der Waals surface area contributed by atoms with Crippen LogP contribution in [-0.4, -0.2) is 5.91 Å². The minimum atomic E-state index is -0.0692. The van der Waals surface area contributed by atoms with Gasteiger partial charge < -0.3 is 11.1 Å². The zero-order chi connectivity index (χ0) is 9.84. The third kappa shape index (κ3) is 2.21. The highest BCUT2D eigenvalue weighted by molar-refractivity contribution is 5.90. The predicted molar refractivity (Wildman–Crippen MR) is 54.5 cm³/mol. The summed E-state index contributed by atoms with van der Waals surface area (Å²) in [6.07, 6.45) is 0.822. The molecule has 0 unspecified atom stereocenters. The third-order valence-corrected chi connectivity index (χ3v) is 1.88. The van der Waals surface area contributed by atoms with Gasteiger partial charge in [0, 0.05) is 18.3 Å². The average molecular weight is 178 g/mol. The van der Waals surface area contributed by atoms with Gasteiger partial charge in [0.25, 0.3) is 0 Å². The summed E-state index contributed by atoms with van der Waals surface area (Å²) in [5.74, 6) is -0.0692. The summed E-state index contributed by atoms with van der Waals surface area (Å²) >= 11 is 0. The lowest BCUT2D eigenvalue weighted by Crippen LogP contribution is -2.09. The van der Waals surface area contributed by atoms with Gasteiger partial charge >= 0.3 is 0 Å². The van der Waals surface area contributed by atoms with E-state index in [9.17, 15) is 4.79 Å². The lowest BCUT2D eigenvalue weighted by atomic mass is 10.1. The maximum atomic E-state index is 10.8. The van der Waals surface area contributed by atoms with Crippen molar-refractivity contribution in [3.63, 3.8) is 0 Å². The average Bonchev–Trinajstić information content (AvgIpc) is 2.03. The van der Waals surface area contributed by atoms with E-state index < -0.39 is 0 Å². The molecule has 0 aromatic heterocycles. The Morgan fingerprint density at radius 1 is 1.54 bits per heavy atom. The highest BCUT2D eigenvalue weighted by Gasteiger charge is 2.04. The van der Waals surface area contributed by atoms with Crippen LogP contribution in [0.15, 0.2) is 18.2 Å². The number of anilines is 2. The highest BCUT2D eigenvalue weighted by atomic mass is 16.1. The summed E-state index contributed by atoms with van der Waals surface area (Å²) < 4.78 is 0. The maximum Gasteiger partial charge on any atom is 0.221 e. The third-order valence-electron chi connectivity index (χ3n) is 1.88. The SMILES string of the molecule is CCc1c(N)cccc1NC(C)=O. The molecule has 0 atom stereocenters. The molecular weight excluding hydrogens is 164 g/mol. The van der Waals surface area contributed by atoms with Crippen LogP contribution in [-0.2, 0) is 11.2 Å². The van der Waals surface area contributed by atoms with Crippen molar-refractivity contribution in [2.45, 2.75) is 20.3 Å². The Hall–Kier alpha value is -1.51. The van der Waals surface area contributed by atoms with Crippen LogP contribution in [0.4, 0.5) is 11.4 Å². The largest absolute Gasteiger partial charge is 0.398 e. The Kier molecular flexibility index (Phi) is 2.90. The lowest BCUT2D eigenvalue weighted by molar-refractivity contribution is -0.114. The van der Waals surface area contributed by atoms with Crippen LogP contribution in [0, 0.1) is 0 Å². The van der Waals surface area contributed by atoms with Crippen LogP contribution >= 0.6 is 0 Å². The van der Waals surface area contributed by atoms with Crippen molar-refractivity contribution < 1.29 is 4.79 Å². The molecule has 70 valence electrons. The Morgan fingerprint density at radius 2 is 2.23 bits per heavy atom. The number of hydrogen-bond donors (Lipinski definition) is 2. The smallest absolute Gasteiger partial charge is 0.221 e. The van der Waals surface area contributed by atoms with Gasteiger partial charge in [-0.15, -0.1) is 0 Å². The van der Waals surface area contributed by atoms with Crippen LogP contribution in [0.25, 0.3) is 0 Å². The fourth-order valence-corrected chi connectivity index (χ4v) is 1.31. The van der Waals surface area contributed by atoms with Gasteiger partial charge in [0.15, 0.2) is 0 Å². The lowest BCUT2D eigenvalue weighted by Gasteiger charge is -2.10. The monoisotopic (exact) mass is 178 g/mol. The first kappa shape index (κ1) is 9.58. The number of carbonyl (C=O) groups is 1. The molecule has 1 aromatic carbocycles. The van der Waals surface area contributed by atoms with Crippen molar-refractivity contribution >= 4 is 17.3 Å². The summed E-state index contributed by atoms with van der Waals surface area (Å²) in [6, 6.07) is 5.53. The first-order valence-corrected chi connectivity index (χ1v) is 4.30. The standard InChI is InChI=1S/C10H14N2O/c1-3-8-9(11)5-4-6-10(8)12-7(2)13/h4-6H,3,11H2,1-2H3,(H,12,13). The number of hydrogen-bond acceptors (Lipinski definition) is 2. The molecule has 0 saturated heterocycles. The van der Waals surface area contributed by atoms with Crippen molar-refractivity contribution in [2.75, 3.05) is 11.1 Å². The molecule has 3 nitrogen and oxygen atoms in total. The van der Waals surface area contributed by atoms with Gasteiger partial charge in [-0.2, -0.15) is 0 Å². The summed E-state index contributed by atoms with van der Waals surface area (Å²) in [6.45, 7) is 3.50. The van der Waals surface area contributed by atoms with Gasteiger partial charge in [0.05, 0.1) is 0 Å². The van der Waals surface area contributed by atoms with E-state index in [0.717, 1.165) is 23.4 Å². The summed E-state index contributed by atoms with van der Waals surface area (Å²) in [5.41, 5.74) is 8.30. The number of nitrogens with one attached hydrogen (secondary N) is 1. The zero-order valence-corrected chi connectivity index (χ0v) is 7.92. The quantitative estimate of drug-likeness (QED) is 0.678. The van der Waals surface area contributed by atoms with E-state index in [2.05, 4.69) is 5.32 Å². The predicted octanol–water partition coefficient (Wildman–Crippen LogP) is 1.79. The summed E-state index contributed by atoms with van der Waals surface area (Å²) in [7, 11) is 0. The van der Waals surface area contributed by atoms with Crippen molar-refractivity contribution in [2.24, 2.45) is 0 Å². The van der Waals surface area contributed by atoms with Crippen molar-refractivity contribution in [1.29, 1.82) is 0 Å². The molecule has 1 rings (SSSR count). The molecule has 0 bridgehead atoms. The number of rotatable bonds is 2. The van der Waals surface area contributed by atoms with Gasteiger partial charge in [-0.1, -0.05) is 13.0 Å². The number of nitrogen functional groups attached to an aromatic ring is 1. The molecule has 1 amide bonds. The van der Waals surface area contributed by atoms with E-state index in [1.54, 1.807) is 0 Å². The molecule has 13 heavy (non-hydrogen) atoms. The summed E-state index contributed by atoms with van der Waals surface area (Å²) in [4.78, 5) is 10.8. The van der Waals surface area contributed by atoms with Crippen LogP contribution in [0.2, 0.25) is 0 Å². The van der Waals surface area contributed by atoms with E-state index in [1.165, 1.54) is 6.92 Å². The van der Waals surface area contributed by atoms with Gasteiger partial charge in [-0.25, -0.2) is 0 Å². The Labute approximate surface area is 77.9 Å². The number of carbonyl (C=O) groups excluding carboxylic acids is 1. The minimum Gasteiger partial charge on any atom is -0.398 e. The second-order valence-corrected chi connectivity index (χ2v) is 2.91. The second-order valence-electron chi connectivity index (χ2n) is 2.91. The second kappa shape index (κ2) is 3.94. The molecular formula is C10H14N2O.